The summed E-state index contributed by atoms with van der Waals surface area (Å²) >= 11 is 0. The van der Waals surface area contributed by atoms with Gasteiger partial charge in [0.2, 0.25) is 0 Å². The van der Waals surface area contributed by atoms with Crippen LogP contribution in [0.3, 0.4) is 0 Å². The van der Waals surface area contributed by atoms with Crippen LogP contribution in [0.2, 0.25) is 0 Å². The first-order valence-electron chi connectivity index (χ1n) is 6.84. The largest absolute Gasteiger partial charge is 0.381 e. The van der Waals surface area contributed by atoms with Crippen LogP contribution in [-0.4, -0.2) is 39.0 Å². The van der Waals surface area contributed by atoms with Gasteiger partial charge in [-0.05, 0) is 44.6 Å². The zero-order chi connectivity index (χ0) is 11.1. The van der Waals surface area contributed by atoms with Gasteiger partial charge in [-0.3, -0.25) is 0 Å². The van der Waals surface area contributed by atoms with E-state index >= 15 is 0 Å². The summed E-state index contributed by atoms with van der Waals surface area (Å²) in [6.45, 7) is 4.92. The Morgan fingerprint density at radius 3 is 2.75 bits per heavy atom. The van der Waals surface area contributed by atoms with Crippen molar-refractivity contribution in [3.63, 3.8) is 0 Å². The molecule has 0 aromatic heterocycles. The Labute approximate surface area is 98.9 Å². The predicted octanol–water partition coefficient (Wildman–Crippen LogP) is 1.96. The minimum Gasteiger partial charge on any atom is -0.381 e. The average Bonchev–Trinajstić information content (AvgIpc) is 2.37. The third kappa shape index (κ3) is 4.40. The zero-order valence-electron chi connectivity index (χ0n) is 10.2. The van der Waals surface area contributed by atoms with Gasteiger partial charge in [-0.2, -0.15) is 0 Å². The van der Waals surface area contributed by atoms with Gasteiger partial charge in [0, 0.05) is 32.5 Å². The van der Waals surface area contributed by atoms with Crippen molar-refractivity contribution >= 4 is 0 Å². The van der Waals surface area contributed by atoms with E-state index in [1.165, 1.54) is 45.1 Å². The van der Waals surface area contributed by atoms with Crippen LogP contribution in [0.1, 0.15) is 38.5 Å². The number of rotatable bonds is 5. The average molecular weight is 227 g/mol. The molecule has 94 valence electrons. The van der Waals surface area contributed by atoms with E-state index in [1.54, 1.807) is 0 Å². The van der Waals surface area contributed by atoms with E-state index < -0.39 is 0 Å². The molecule has 0 aliphatic carbocycles. The summed E-state index contributed by atoms with van der Waals surface area (Å²) in [5.74, 6) is 0.744. The van der Waals surface area contributed by atoms with Crippen molar-refractivity contribution in [2.75, 3.05) is 33.0 Å². The molecule has 0 saturated carbocycles. The summed E-state index contributed by atoms with van der Waals surface area (Å²) < 4.78 is 11.1. The standard InChI is InChI=1S/C13H25NO2/c1-2-7-14-13(3-1)6-10-16-11-12-4-8-15-9-5-12/h12-14H,1-11H2. The number of piperidine rings is 1. The first kappa shape index (κ1) is 12.3. The summed E-state index contributed by atoms with van der Waals surface area (Å²) in [5, 5.41) is 3.56. The van der Waals surface area contributed by atoms with Crippen LogP contribution in [0, 0.1) is 5.92 Å². The molecule has 2 heterocycles. The molecule has 3 nitrogen and oxygen atoms in total. The van der Waals surface area contributed by atoms with Crippen LogP contribution in [0.5, 0.6) is 0 Å². The molecule has 2 fully saturated rings. The lowest BCUT2D eigenvalue weighted by Gasteiger charge is -2.24. The number of nitrogens with one attached hydrogen (secondary N) is 1. The second-order valence-electron chi connectivity index (χ2n) is 5.07. The highest BCUT2D eigenvalue weighted by molar-refractivity contribution is 4.71. The SMILES string of the molecule is C1CCC(CCOCC2CCOCC2)NC1. The molecule has 0 amide bonds. The van der Waals surface area contributed by atoms with Gasteiger partial charge in [-0.15, -0.1) is 0 Å². The van der Waals surface area contributed by atoms with E-state index in [4.69, 9.17) is 9.47 Å². The van der Waals surface area contributed by atoms with Gasteiger partial charge in [0.15, 0.2) is 0 Å². The Balaban J connectivity index is 1.47. The fourth-order valence-electron chi connectivity index (χ4n) is 2.56. The van der Waals surface area contributed by atoms with Crippen LogP contribution < -0.4 is 5.32 Å². The van der Waals surface area contributed by atoms with Crippen molar-refractivity contribution in [2.45, 2.75) is 44.6 Å². The quantitative estimate of drug-likeness (QED) is 0.728. The normalized spacial score (nSPS) is 28.1. The lowest BCUT2D eigenvalue weighted by atomic mass is 10.0. The van der Waals surface area contributed by atoms with Crippen LogP contribution in [0.15, 0.2) is 0 Å². The molecule has 3 heteroatoms. The molecule has 1 unspecified atom stereocenters. The molecule has 0 bridgehead atoms. The van der Waals surface area contributed by atoms with Crippen molar-refractivity contribution < 1.29 is 9.47 Å². The first-order valence-corrected chi connectivity index (χ1v) is 6.84. The smallest absolute Gasteiger partial charge is 0.0495 e. The number of ether oxygens (including phenoxy) is 2. The maximum absolute atomic E-state index is 5.78. The molecule has 0 aromatic carbocycles. The van der Waals surface area contributed by atoms with Gasteiger partial charge in [-0.1, -0.05) is 6.42 Å². The fraction of sp³-hybridized carbons (Fsp3) is 1.00. The highest BCUT2D eigenvalue weighted by atomic mass is 16.5. The van der Waals surface area contributed by atoms with E-state index in [2.05, 4.69) is 5.32 Å². The molecule has 2 saturated heterocycles. The van der Waals surface area contributed by atoms with E-state index in [0.717, 1.165) is 32.3 Å². The molecular formula is C13H25NO2. The zero-order valence-corrected chi connectivity index (χ0v) is 10.2. The highest BCUT2D eigenvalue weighted by Crippen LogP contribution is 2.15. The van der Waals surface area contributed by atoms with Gasteiger partial charge < -0.3 is 14.8 Å². The topological polar surface area (TPSA) is 30.5 Å². The van der Waals surface area contributed by atoms with Crippen LogP contribution in [-0.2, 0) is 9.47 Å². The lowest BCUT2D eigenvalue weighted by molar-refractivity contribution is 0.0182. The highest BCUT2D eigenvalue weighted by Gasteiger charge is 2.15. The Hall–Kier alpha value is -0.120. The van der Waals surface area contributed by atoms with Crippen molar-refractivity contribution in [1.29, 1.82) is 0 Å². The van der Waals surface area contributed by atoms with E-state index in [9.17, 15) is 0 Å². The molecule has 0 spiro atoms. The third-order valence-corrected chi connectivity index (χ3v) is 3.72. The number of hydrogen-bond donors (Lipinski definition) is 1. The van der Waals surface area contributed by atoms with Crippen LogP contribution in [0.25, 0.3) is 0 Å². The Morgan fingerprint density at radius 2 is 2.00 bits per heavy atom. The molecular weight excluding hydrogens is 202 g/mol. The van der Waals surface area contributed by atoms with Crippen molar-refractivity contribution in [3.8, 4) is 0 Å². The fourth-order valence-corrected chi connectivity index (χ4v) is 2.56. The van der Waals surface area contributed by atoms with Gasteiger partial charge in [0.25, 0.3) is 0 Å². The maximum atomic E-state index is 5.78. The first-order chi connectivity index (χ1) is 7.95. The summed E-state index contributed by atoms with van der Waals surface area (Å²) in [7, 11) is 0. The number of hydrogen-bond acceptors (Lipinski definition) is 3. The van der Waals surface area contributed by atoms with Gasteiger partial charge in [0.05, 0.1) is 0 Å². The van der Waals surface area contributed by atoms with E-state index in [1.807, 2.05) is 0 Å². The van der Waals surface area contributed by atoms with Gasteiger partial charge >= 0.3 is 0 Å². The second kappa shape index (κ2) is 7.25. The van der Waals surface area contributed by atoms with Crippen molar-refractivity contribution in [3.05, 3.63) is 0 Å². The second-order valence-corrected chi connectivity index (χ2v) is 5.07. The van der Waals surface area contributed by atoms with Crippen molar-refractivity contribution in [2.24, 2.45) is 5.92 Å². The minimum atomic E-state index is 0.712. The predicted molar refractivity (Wildman–Crippen MR) is 64.6 cm³/mol. The molecule has 1 N–H and O–H groups in total. The molecule has 2 rings (SSSR count). The maximum Gasteiger partial charge on any atom is 0.0495 e. The summed E-state index contributed by atoms with van der Waals surface area (Å²) in [6, 6.07) is 0.712. The molecule has 2 aliphatic rings. The van der Waals surface area contributed by atoms with E-state index in [0.29, 0.717) is 6.04 Å². The molecule has 16 heavy (non-hydrogen) atoms. The minimum absolute atomic E-state index is 0.712. The summed E-state index contributed by atoms with van der Waals surface area (Å²) in [4.78, 5) is 0. The molecule has 1 atom stereocenters. The molecule has 0 aromatic rings. The Kier molecular flexibility index (Phi) is 5.59. The third-order valence-electron chi connectivity index (χ3n) is 3.72. The monoisotopic (exact) mass is 227 g/mol. The molecule has 0 radical (unpaired) electrons. The van der Waals surface area contributed by atoms with Gasteiger partial charge in [-0.25, -0.2) is 0 Å². The van der Waals surface area contributed by atoms with Crippen molar-refractivity contribution in [1.82, 2.24) is 5.32 Å². The Morgan fingerprint density at radius 1 is 1.12 bits per heavy atom. The summed E-state index contributed by atoms with van der Waals surface area (Å²) in [6.07, 6.45) is 7.62. The molecule has 2 aliphatic heterocycles. The lowest BCUT2D eigenvalue weighted by Crippen LogP contribution is -2.35. The van der Waals surface area contributed by atoms with Crippen LogP contribution >= 0.6 is 0 Å². The van der Waals surface area contributed by atoms with E-state index in [-0.39, 0.29) is 0 Å². The van der Waals surface area contributed by atoms with Crippen LogP contribution in [0.4, 0.5) is 0 Å². The van der Waals surface area contributed by atoms with Gasteiger partial charge in [0.1, 0.15) is 0 Å². The Bertz CT molecular complexity index is 155. The summed E-state index contributed by atoms with van der Waals surface area (Å²) in [5.41, 5.74) is 0.